The molecule has 1 amide bonds. The number of benzene rings is 1. The van der Waals surface area contributed by atoms with Gasteiger partial charge < -0.3 is 10.3 Å². The molecule has 31 heavy (non-hydrogen) atoms. The minimum absolute atomic E-state index is 0.0555. The third-order valence-corrected chi connectivity index (χ3v) is 8.10. The predicted molar refractivity (Wildman–Crippen MR) is 119 cm³/mol. The van der Waals surface area contributed by atoms with Gasteiger partial charge in [-0.2, -0.15) is 5.26 Å². The number of carbonyl (C=O) groups excluding carboxylic acids is 1. The molecule has 2 heterocycles. The van der Waals surface area contributed by atoms with Gasteiger partial charge >= 0.3 is 0 Å². The van der Waals surface area contributed by atoms with Gasteiger partial charge in [-0.1, -0.05) is 19.1 Å². The van der Waals surface area contributed by atoms with Crippen LogP contribution in [0.4, 0.5) is 5.69 Å². The summed E-state index contributed by atoms with van der Waals surface area (Å²) >= 11 is 0. The lowest BCUT2D eigenvalue weighted by molar-refractivity contribution is 0.101. The van der Waals surface area contributed by atoms with Crippen LogP contribution in [0.15, 0.2) is 30.5 Å². The van der Waals surface area contributed by atoms with Gasteiger partial charge in [-0.3, -0.25) is 4.79 Å². The van der Waals surface area contributed by atoms with Gasteiger partial charge in [-0.05, 0) is 67.2 Å². The van der Waals surface area contributed by atoms with Crippen molar-refractivity contribution in [2.45, 2.75) is 44.9 Å². The van der Waals surface area contributed by atoms with Gasteiger partial charge in [0.15, 0.2) is 15.7 Å². The quantitative estimate of drug-likeness (QED) is 0.748. The van der Waals surface area contributed by atoms with Crippen molar-refractivity contribution in [2.24, 2.45) is 5.92 Å². The molecule has 1 unspecified atom stereocenters. The molecule has 0 bridgehead atoms. The Bertz CT molecular complexity index is 1170. The molecule has 2 N–H and O–H groups in total. The lowest BCUT2D eigenvalue weighted by Crippen LogP contribution is -2.29. The highest BCUT2D eigenvalue weighted by Gasteiger charge is 2.31. The Morgan fingerprint density at radius 1 is 1.32 bits per heavy atom. The molecule has 0 saturated carbocycles. The number of anilines is 1. The zero-order valence-electron chi connectivity index (χ0n) is 17.5. The van der Waals surface area contributed by atoms with E-state index in [1.807, 2.05) is 25.1 Å². The first kappa shape index (κ1) is 21.3. The Hall–Kier alpha value is -2.92. The SMILES string of the molecule is C[C@H]1CS(=O)(=O)CCC1c1ccc(NC(=O)c2ncc(C#N)[nH]2)c(C2=CCCCC2)c1. The van der Waals surface area contributed by atoms with E-state index in [0.717, 1.165) is 36.8 Å². The molecule has 4 rings (SSSR count). The second kappa shape index (κ2) is 8.67. The van der Waals surface area contributed by atoms with E-state index in [0.29, 0.717) is 12.1 Å². The maximum Gasteiger partial charge on any atom is 0.291 e. The number of carbonyl (C=O) groups is 1. The standard InChI is InChI=1S/C23H26N4O3S/c1-15-14-31(29,30)10-9-19(15)17-7-8-21(20(11-17)16-5-3-2-4-6-16)27-23(28)22-25-13-18(12-24)26-22/h5,7-8,11,13,15,19H,2-4,6,9-10,14H2,1H3,(H,25,26)(H,27,28)/t15-,19?/m0/s1. The third-order valence-electron chi connectivity index (χ3n) is 6.21. The number of imidazole rings is 1. The summed E-state index contributed by atoms with van der Waals surface area (Å²) < 4.78 is 24.0. The first-order valence-corrected chi connectivity index (χ1v) is 12.5. The number of H-pyrrole nitrogens is 1. The topological polar surface area (TPSA) is 116 Å². The highest BCUT2D eigenvalue weighted by atomic mass is 32.2. The number of rotatable bonds is 4. The van der Waals surface area contributed by atoms with E-state index in [1.54, 1.807) is 0 Å². The van der Waals surface area contributed by atoms with Crippen LogP contribution in [0.1, 0.15) is 72.4 Å². The molecule has 162 valence electrons. The van der Waals surface area contributed by atoms with Crippen molar-refractivity contribution in [2.75, 3.05) is 16.8 Å². The number of hydrogen-bond donors (Lipinski definition) is 2. The number of nitrogens with one attached hydrogen (secondary N) is 2. The van der Waals surface area contributed by atoms with Crippen molar-refractivity contribution in [1.29, 1.82) is 5.26 Å². The van der Waals surface area contributed by atoms with Gasteiger partial charge in [0.25, 0.3) is 5.91 Å². The predicted octanol–water partition coefficient (Wildman–Crippen LogP) is 4.03. The maximum absolute atomic E-state index is 12.7. The van der Waals surface area contributed by atoms with Crippen molar-refractivity contribution >= 4 is 27.0 Å². The number of sulfone groups is 1. The molecule has 1 aromatic heterocycles. The first-order chi connectivity index (χ1) is 14.9. The largest absolute Gasteiger partial charge is 0.326 e. The minimum Gasteiger partial charge on any atom is -0.326 e. The average molecular weight is 439 g/mol. The Morgan fingerprint density at radius 3 is 2.84 bits per heavy atom. The molecule has 1 aromatic carbocycles. The van der Waals surface area contributed by atoms with E-state index in [4.69, 9.17) is 5.26 Å². The summed E-state index contributed by atoms with van der Waals surface area (Å²) in [5, 5.41) is 11.9. The Balaban J connectivity index is 1.66. The fourth-order valence-corrected chi connectivity index (χ4v) is 6.42. The van der Waals surface area contributed by atoms with Crippen LogP contribution in [0.3, 0.4) is 0 Å². The van der Waals surface area contributed by atoms with E-state index in [1.165, 1.54) is 11.8 Å². The number of allylic oxidation sites excluding steroid dienone is 2. The van der Waals surface area contributed by atoms with E-state index in [2.05, 4.69) is 27.4 Å². The molecule has 0 spiro atoms. The molecule has 1 aliphatic heterocycles. The summed E-state index contributed by atoms with van der Waals surface area (Å²) in [5.74, 6) is 0.366. The Labute approximate surface area is 182 Å². The number of amides is 1. The van der Waals surface area contributed by atoms with Gasteiger partial charge in [0.05, 0.1) is 17.7 Å². The van der Waals surface area contributed by atoms with Crippen molar-refractivity contribution < 1.29 is 13.2 Å². The van der Waals surface area contributed by atoms with Gasteiger partial charge in [0.1, 0.15) is 11.8 Å². The van der Waals surface area contributed by atoms with E-state index >= 15 is 0 Å². The summed E-state index contributed by atoms with van der Waals surface area (Å²) in [5.41, 5.74) is 4.24. The molecule has 2 atom stereocenters. The van der Waals surface area contributed by atoms with E-state index in [9.17, 15) is 13.2 Å². The Kier molecular flexibility index (Phi) is 5.96. The molecular formula is C23H26N4O3S. The van der Waals surface area contributed by atoms with Crippen molar-refractivity contribution in [3.05, 3.63) is 53.1 Å². The number of nitrogens with zero attached hydrogens (tertiary/aromatic N) is 2. The van der Waals surface area contributed by atoms with E-state index < -0.39 is 15.7 Å². The molecule has 2 aliphatic rings. The monoisotopic (exact) mass is 438 g/mol. The van der Waals surface area contributed by atoms with Crippen LogP contribution < -0.4 is 5.32 Å². The first-order valence-electron chi connectivity index (χ1n) is 10.7. The van der Waals surface area contributed by atoms with Gasteiger partial charge in [0.2, 0.25) is 0 Å². The summed E-state index contributed by atoms with van der Waals surface area (Å²) in [4.78, 5) is 19.4. The Morgan fingerprint density at radius 2 is 2.16 bits per heavy atom. The summed E-state index contributed by atoms with van der Waals surface area (Å²) in [6.07, 6.45) is 8.40. The van der Waals surface area contributed by atoms with Crippen LogP contribution in [0.25, 0.3) is 5.57 Å². The van der Waals surface area contributed by atoms with Crippen LogP contribution >= 0.6 is 0 Å². The summed E-state index contributed by atoms with van der Waals surface area (Å²) in [6, 6.07) is 7.95. The lowest BCUT2D eigenvalue weighted by Gasteiger charge is -2.30. The number of aromatic nitrogens is 2. The van der Waals surface area contributed by atoms with Crippen LogP contribution in [0, 0.1) is 17.2 Å². The number of nitriles is 1. The smallest absolute Gasteiger partial charge is 0.291 e. The zero-order chi connectivity index (χ0) is 22.0. The van der Waals surface area contributed by atoms with Crippen LogP contribution in [0.5, 0.6) is 0 Å². The highest BCUT2D eigenvalue weighted by molar-refractivity contribution is 7.91. The number of hydrogen-bond acceptors (Lipinski definition) is 5. The van der Waals surface area contributed by atoms with E-state index in [-0.39, 0.29) is 34.9 Å². The normalized spacial score (nSPS) is 22.9. The minimum atomic E-state index is -2.96. The molecule has 2 aromatic rings. The number of aromatic amines is 1. The highest BCUT2D eigenvalue weighted by Crippen LogP contribution is 2.38. The third kappa shape index (κ3) is 4.72. The van der Waals surface area contributed by atoms with Crippen LogP contribution in [-0.4, -0.2) is 35.8 Å². The van der Waals surface area contributed by atoms with Crippen LogP contribution in [0.2, 0.25) is 0 Å². The second-order valence-electron chi connectivity index (χ2n) is 8.48. The zero-order valence-corrected chi connectivity index (χ0v) is 18.3. The average Bonchev–Trinajstić information content (AvgIpc) is 3.24. The van der Waals surface area contributed by atoms with Gasteiger partial charge in [-0.25, -0.2) is 13.4 Å². The van der Waals surface area contributed by atoms with Gasteiger partial charge in [0, 0.05) is 11.3 Å². The lowest BCUT2D eigenvalue weighted by atomic mass is 9.83. The molecule has 8 heteroatoms. The van der Waals surface area contributed by atoms with Crippen molar-refractivity contribution in [1.82, 2.24) is 9.97 Å². The summed E-state index contributed by atoms with van der Waals surface area (Å²) in [6.45, 7) is 2.00. The summed E-state index contributed by atoms with van der Waals surface area (Å²) in [7, 11) is -2.96. The molecule has 7 nitrogen and oxygen atoms in total. The van der Waals surface area contributed by atoms with Crippen molar-refractivity contribution in [3.8, 4) is 6.07 Å². The van der Waals surface area contributed by atoms with Gasteiger partial charge in [-0.15, -0.1) is 0 Å². The molecular weight excluding hydrogens is 412 g/mol. The molecule has 1 aliphatic carbocycles. The molecule has 0 radical (unpaired) electrons. The molecule has 1 fully saturated rings. The van der Waals surface area contributed by atoms with Crippen LogP contribution in [-0.2, 0) is 9.84 Å². The molecule has 1 saturated heterocycles. The fourth-order valence-electron chi connectivity index (χ4n) is 4.61. The maximum atomic E-state index is 12.7. The second-order valence-corrected chi connectivity index (χ2v) is 10.7. The van der Waals surface area contributed by atoms with Crippen molar-refractivity contribution in [3.63, 3.8) is 0 Å². The fraction of sp³-hybridized carbons (Fsp3) is 0.435.